The van der Waals surface area contributed by atoms with E-state index in [0.717, 1.165) is 6.42 Å². The zero-order valence-corrected chi connectivity index (χ0v) is 14.6. The first-order chi connectivity index (χ1) is 8.79. The molecular weight excluding hydrogens is 250 g/mol. The molecule has 0 aromatic heterocycles. The first kappa shape index (κ1) is 19.1. The average Bonchev–Trinajstić information content (AvgIpc) is 2.22. The molecular formula is C17H33NO2. The summed E-state index contributed by atoms with van der Waals surface area (Å²) in [7, 11) is 0. The molecule has 118 valence electrons. The minimum Gasteiger partial charge on any atom is -0.356 e. The monoisotopic (exact) mass is 283 g/mol. The number of Topliss-reactive ketones (excluding diaryl/α,β-unsaturated/α-hetero) is 1. The second kappa shape index (κ2) is 6.73. The van der Waals surface area contributed by atoms with Crippen molar-refractivity contribution in [1.82, 2.24) is 5.32 Å². The zero-order valence-electron chi connectivity index (χ0n) is 14.6. The molecule has 0 aliphatic heterocycles. The van der Waals surface area contributed by atoms with Crippen molar-refractivity contribution in [3.63, 3.8) is 0 Å². The average molecular weight is 283 g/mol. The smallest absolute Gasteiger partial charge is 0.219 e. The molecule has 0 aromatic carbocycles. The van der Waals surface area contributed by atoms with Crippen molar-refractivity contribution < 1.29 is 9.59 Å². The van der Waals surface area contributed by atoms with Gasteiger partial charge in [0.1, 0.15) is 5.78 Å². The van der Waals surface area contributed by atoms with Crippen LogP contribution in [-0.2, 0) is 9.59 Å². The number of rotatable bonds is 7. The predicted octanol–water partition coefficient (Wildman–Crippen LogP) is 3.96. The molecule has 0 aliphatic rings. The van der Waals surface area contributed by atoms with Crippen LogP contribution in [0.2, 0.25) is 0 Å². The summed E-state index contributed by atoms with van der Waals surface area (Å²) in [5, 5.41) is 2.95. The summed E-state index contributed by atoms with van der Waals surface area (Å²) in [6, 6.07) is 0. The molecule has 0 spiro atoms. The first-order valence-electron chi connectivity index (χ1n) is 7.59. The lowest BCUT2D eigenvalue weighted by Crippen LogP contribution is -2.37. The summed E-state index contributed by atoms with van der Waals surface area (Å²) in [6.07, 6.45) is 2.01. The number of carbonyl (C=O) groups is 2. The number of nitrogens with one attached hydrogen (secondary N) is 1. The van der Waals surface area contributed by atoms with Crippen LogP contribution in [0.25, 0.3) is 0 Å². The van der Waals surface area contributed by atoms with E-state index in [2.05, 4.69) is 33.0 Å². The van der Waals surface area contributed by atoms with E-state index in [1.54, 1.807) is 0 Å². The van der Waals surface area contributed by atoms with Crippen LogP contribution in [0.5, 0.6) is 0 Å². The molecule has 0 atom stereocenters. The Balaban J connectivity index is 4.57. The summed E-state index contributed by atoms with van der Waals surface area (Å²) in [4.78, 5) is 23.6. The number of ketones is 1. The Morgan fingerprint density at radius 1 is 0.900 bits per heavy atom. The number of amides is 1. The van der Waals surface area contributed by atoms with Gasteiger partial charge in [0.15, 0.2) is 0 Å². The standard InChI is InChI=1S/C17H33NO2/c1-9-14(20)18-12-17(7,8)11-16(5,6)10-13(19)15(2,3)4/h9-12H2,1-8H3,(H,18,20). The second-order valence-electron chi connectivity index (χ2n) is 8.49. The van der Waals surface area contributed by atoms with Gasteiger partial charge in [-0.2, -0.15) is 0 Å². The fraction of sp³-hybridized carbons (Fsp3) is 0.882. The Bertz CT molecular complexity index is 348. The van der Waals surface area contributed by atoms with Crippen molar-refractivity contribution in [1.29, 1.82) is 0 Å². The molecule has 0 heterocycles. The van der Waals surface area contributed by atoms with Gasteiger partial charge in [0.05, 0.1) is 0 Å². The number of hydrogen-bond donors (Lipinski definition) is 1. The second-order valence-corrected chi connectivity index (χ2v) is 8.49. The van der Waals surface area contributed by atoms with Crippen LogP contribution >= 0.6 is 0 Å². The summed E-state index contributed by atoms with van der Waals surface area (Å²) in [5.74, 6) is 0.387. The Morgan fingerprint density at radius 3 is 1.80 bits per heavy atom. The maximum atomic E-state index is 12.2. The highest BCUT2D eigenvalue weighted by Crippen LogP contribution is 2.38. The van der Waals surface area contributed by atoms with Crippen LogP contribution in [-0.4, -0.2) is 18.2 Å². The van der Waals surface area contributed by atoms with E-state index in [9.17, 15) is 9.59 Å². The minimum atomic E-state index is -0.280. The van der Waals surface area contributed by atoms with Crippen molar-refractivity contribution in [2.75, 3.05) is 6.54 Å². The van der Waals surface area contributed by atoms with Gasteiger partial charge in [0.2, 0.25) is 5.91 Å². The molecule has 0 rings (SSSR count). The van der Waals surface area contributed by atoms with Gasteiger partial charge in [-0.15, -0.1) is 0 Å². The maximum absolute atomic E-state index is 12.2. The Hall–Kier alpha value is -0.860. The molecule has 0 bridgehead atoms. The van der Waals surface area contributed by atoms with Crippen molar-refractivity contribution in [3.05, 3.63) is 0 Å². The molecule has 3 heteroatoms. The quantitative estimate of drug-likeness (QED) is 0.768. The lowest BCUT2D eigenvalue weighted by Gasteiger charge is -2.36. The molecule has 0 aromatic rings. The third kappa shape index (κ3) is 7.66. The molecule has 0 fully saturated rings. The highest BCUT2D eigenvalue weighted by molar-refractivity contribution is 5.84. The van der Waals surface area contributed by atoms with Gasteiger partial charge in [-0.25, -0.2) is 0 Å². The Labute approximate surface area is 124 Å². The molecule has 0 unspecified atom stereocenters. The van der Waals surface area contributed by atoms with Gasteiger partial charge in [0, 0.05) is 24.8 Å². The Kier molecular flexibility index (Phi) is 6.44. The van der Waals surface area contributed by atoms with Gasteiger partial charge in [-0.1, -0.05) is 55.4 Å². The predicted molar refractivity (Wildman–Crippen MR) is 84.6 cm³/mol. The maximum Gasteiger partial charge on any atom is 0.219 e. The molecule has 0 saturated heterocycles. The van der Waals surface area contributed by atoms with Crippen molar-refractivity contribution in [3.8, 4) is 0 Å². The van der Waals surface area contributed by atoms with Gasteiger partial charge in [0.25, 0.3) is 0 Å². The SMILES string of the molecule is CCC(=O)NCC(C)(C)CC(C)(C)CC(=O)C(C)(C)C. The fourth-order valence-electron chi connectivity index (χ4n) is 2.58. The summed E-state index contributed by atoms with van der Waals surface area (Å²) >= 11 is 0. The van der Waals surface area contributed by atoms with Gasteiger partial charge < -0.3 is 5.32 Å². The van der Waals surface area contributed by atoms with Crippen LogP contribution in [0.3, 0.4) is 0 Å². The molecule has 0 aliphatic carbocycles. The van der Waals surface area contributed by atoms with E-state index in [0.29, 0.717) is 25.2 Å². The lowest BCUT2D eigenvalue weighted by atomic mass is 9.70. The van der Waals surface area contributed by atoms with Crippen molar-refractivity contribution in [2.24, 2.45) is 16.2 Å². The Morgan fingerprint density at radius 2 is 1.40 bits per heavy atom. The van der Waals surface area contributed by atoms with Gasteiger partial charge >= 0.3 is 0 Å². The zero-order chi connectivity index (χ0) is 16.2. The topological polar surface area (TPSA) is 46.2 Å². The van der Waals surface area contributed by atoms with Gasteiger partial charge in [-0.3, -0.25) is 9.59 Å². The van der Waals surface area contributed by atoms with Crippen LogP contribution in [0.4, 0.5) is 0 Å². The van der Waals surface area contributed by atoms with Crippen LogP contribution in [0, 0.1) is 16.2 Å². The first-order valence-corrected chi connectivity index (χ1v) is 7.59. The normalized spacial score (nSPS) is 13.2. The van der Waals surface area contributed by atoms with Gasteiger partial charge in [-0.05, 0) is 17.3 Å². The third-order valence-electron chi connectivity index (χ3n) is 3.52. The van der Waals surface area contributed by atoms with E-state index in [1.807, 2.05) is 27.7 Å². The van der Waals surface area contributed by atoms with E-state index in [-0.39, 0.29) is 22.2 Å². The fourth-order valence-corrected chi connectivity index (χ4v) is 2.58. The molecule has 3 nitrogen and oxygen atoms in total. The summed E-state index contributed by atoms with van der Waals surface area (Å²) in [5.41, 5.74) is -0.338. The largest absolute Gasteiger partial charge is 0.356 e. The van der Waals surface area contributed by atoms with E-state index in [4.69, 9.17) is 0 Å². The number of carbonyl (C=O) groups excluding carboxylic acids is 2. The van der Waals surface area contributed by atoms with Crippen LogP contribution in [0.15, 0.2) is 0 Å². The van der Waals surface area contributed by atoms with E-state index >= 15 is 0 Å². The minimum absolute atomic E-state index is 0.00745. The summed E-state index contributed by atoms with van der Waals surface area (Å²) in [6.45, 7) is 17.0. The third-order valence-corrected chi connectivity index (χ3v) is 3.52. The highest BCUT2D eigenvalue weighted by atomic mass is 16.1. The molecule has 1 amide bonds. The van der Waals surface area contributed by atoms with E-state index in [1.165, 1.54) is 0 Å². The van der Waals surface area contributed by atoms with Crippen LogP contribution < -0.4 is 5.32 Å². The van der Waals surface area contributed by atoms with Crippen molar-refractivity contribution in [2.45, 2.75) is 74.7 Å². The summed E-state index contributed by atoms with van der Waals surface area (Å²) < 4.78 is 0. The molecule has 1 N–H and O–H groups in total. The molecule has 20 heavy (non-hydrogen) atoms. The highest BCUT2D eigenvalue weighted by Gasteiger charge is 2.33. The lowest BCUT2D eigenvalue weighted by molar-refractivity contribution is -0.129. The van der Waals surface area contributed by atoms with Crippen molar-refractivity contribution >= 4 is 11.7 Å². The number of hydrogen-bond acceptors (Lipinski definition) is 2. The van der Waals surface area contributed by atoms with E-state index < -0.39 is 0 Å². The molecule has 0 radical (unpaired) electrons. The molecule has 0 saturated carbocycles. The van der Waals surface area contributed by atoms with Crippen LogP contribution in [0.1, 0.15) is 74.7 Å².